The van der Waals surface area contributed by atoms with Crippen molar-refractivity contribution in [3.05, 3.63) is 12.7 Å². The summed E-state index contributed by atoms with van der Waals surface area (Å²) in [6, 6.07) is 0. The molecule has 0 N–H and O–H groups in total. The SMILES string of the molecule is C#CCN(CC#C)C(=O)CCCCCCCCC=C. The average molecular weight is 259 g/mol. The number of terminal acetylenes is 2. The van der Waals surface area contributed by atoms with Crippen LogP contribution in [0.25, 0.3) is 0 Å². The quantitative estimate of drug-likeness (QED) is 0.316. The maximum absolute atomic E-state index is 11.8. The molecule has 0 aromatic carbocycles. The van der Waals surface area contributed by atoms with E-state index in [0.29, 0.717) is 19.5 Å². The van der Waals surface area contributed by atoms with Crippen LogP contribution in [0.1, 0.15) is 51.4 Å². The second-order valence-electron chi connectivity index (χ2n) is 4.61. The molecule has 1 amide bonds. The monoisotopic (exact) mass is 259 g/mol. The lowest BCUT2D eigenvalue weighted by atomic mass is 10.1. The molecule has 0 unspecified atom stereocenters. The van der Waals surface area contributed by atoms with Gasteiger partial charge in [0.15, 0.2) is 0 Å². The number of carbonyl (C=O) groups is 1. The maximum atomic E-state index is 11.8. The lowest BCUT2D eigenvalue weighted by Gasteiger charge is -2.17. The summed E-state index contributed by atoms with van der Waals surface area (Å²) >= 11 is 0. The van der Waals surface area contributed by atoms with Gasteiger partial charge in [0, 0.05) is 6.42 Å². The molecule has 2 heteroatoms. The normalized spacial score (nSPS) is 9.37. The largest absolute Gasteiger partial charge is 0.320 e. The van der Waals surface area contributed by atoms with Crippen LogP contribution in [0.15, 0.2) is 12.7 Å². The minimum absolute atomic E-state index is 0.0718. The number of hydrogen-bond acceptors (Lipinski definition) is 1. The molecule has 0 aliphatic rings. The van der Waals surface area contributed by atoms with Gasteiger partial charge in [-0.05, 0) is 19.3 Å². The van der Waals surface area contributed by atoms with E-state index in [-0.39, 0.29) is 5.91 Å². The zero-order valence-corrected chi connectivity index (χ0v) is 11.9. The van der Waals surface area contributed by atoms with Gasteiger partial charge in [-0.25, -0.2) is 0 Å². The fourth-order valence-electron chi connectivity index (χ4n) is 1.88. The predicted octanol–water partition coefficient (Wildman–Crippen LogP) is 3.39. The Morgan fingerprint density at radius 3 is 2.05 bits per heavy atom. The van der Waals surface area contributed by atoms with Crippen molar-refractivity contribution in [2.24, 2.45) is 0 Å². The van der Waals surface area contributed by atoms with Crippen LogP contribution in [-0.4, -0.2) is 23.9 Å². The summed E-state index contributed by atoms with van der Waals surface area (Å²) in [4.78, 5) is 13.4. The van der Waals surface area contributed by atoms with Crippen LogP contribution in [0.2, 0.25) is 0 Å². The molecule has 0 saturated carbocycles. The lowest BCUT2D eigenvalue weighted by Crippen LogP contribution is -2.31. The van der Waals surface area contributed by atoms with Crippen molar-refractivity contribution in [1.82, 2.24) is 4.90 Å². The molecule has 0 radical (unpaired) electrons. The molecule has 0 bridgehead atoms. The van der Waals surface area contributed by atoms with Crippen molar-refractivity contribution in [3.8, 4) is 24.7 Å². The zero-order valence-electron chi connectivity index (χ0n) is 11.9. The summed E-state index contributed by atoms with van der Waals surface area (Å²) in [5.74, 6) is 5.00. The number of hydrogen-bond donors (Lipinski definition) is 0. The van der Waals surface area contributed by atoms with Crippen molar-refractivity contribution in [1.29, 1.82) is 0 Å². The number of unbranched alkanes of at least 4 members (excludes halogenated alkanes) is 6. The van der Waals surface area contributed by atoms with Gasteiger partial charge in [0.25, 0.3) is 0 Å². The summed E-state index contributed by atoms with van der Waals surface area (Å²) in [6.45, 7) is 4.32. The molecule has 2 nitrogen and oxygen atoms in total. The fourth-order valence-corrected chi connectivity index (χ4v) is 1.88. The van der Waals surface area contributed by atoms with Crippen LogP contribution in [-0.2, 0) is 4.79 Å². The van der Waals surface area contributed by atoms with Crippen LogP contribution < -0.4 is 0 Å². The van der Waals surface area contributed by atoms with Crippen molar-refractivity contribution < 1.29 is 4.79 Å². The van der Waals surface area contributed by atoms with Crippen molar-refractivity contribution in [2.75, 3.05) is 13.1 Å². The van der Waals surface area contributed by atoms with Gasteiger partial charge >= 0.3 is 0 Å². The molecule has 0 heterocycles. The maximum Gasteiger partial charge on any atom is 0.224 e. The topological polar surface area (TPSA) is 20.3 Å². The molecule has 0 atom stereocenters. The Bertz CT molecular complexity index is 316. The molecule has 19 heavy (non-hydrogen) atoms. The standard InChI is InChI=1S/C17H25NO/c1-4-7-8-9-10-11-12-13-14-17(19)18(15-5-2)16-6-3/h2-4H,1,7-16H2. The summed E-state index contributed by atoms with van der Waals surface area (Å²) in [6.07, 6.45) is 21.0. The average Bonchev–Trinajstić information content (AvgIpc) is 2.41. The third-order valence-corrected chi connectivity index (χ3v) is 2.97. The van der Waals surface area contributed by atoms with Crippen LogP contribution >= 0.6 is 0 Å². The van der Waals surface area contributed by atoms with Crippen LogP contribution in [0.5, 0.6) is 0 Å². The Hall–Kier alpha value is -1.67. The molecule has 104 valence electrons. The van der Waals surface area contributed by atoms with Crippen molar-refractivity contribution in [3.63, 3.8) is 0 Å². The van der Waals surface area contributed by atoms with E-state index in [4.69, 9.17) is 12.8 Å². The molecule has 0 aromatic rings. The van der Waals surface area contributed by atoms with Gasteiger partial charge < -0.3 is 4.90 Å². The van der Waals surface area contributed by atoms with E-state index in [1.54, 1.807) is 4.90 Å². The summed E-state index contributed by atoms with van der Waals surface area (Å²) in [5.41, 5.74) is 0. The highest BCUT2D eigenvalue weighted by Crippen LogP contribution is 2.09. The van der Waals surface area contributed by atoms with Gasteiger partial charge in [0.05, 0.1) is 13.1 Å². The number of rotatable bonds is 11. The van der Waals surface area contributed by atoms with Gasteiger partial charge in [0.2, 0.25) is 5.91 Å². The fraction of sp³-hybridized carbons (Fsp3) is 0.588. The second-order valence-corrected chi connectivity index (χ2v) is 4.61. The Morgan fingerprint density at radius 2 is 1.53 bits per heavy atom. The third-order valence-electron chi connectivity index (χ3n) is 2.97. The minimum Gasteiger partial charge on any atom is -0.320 e. The molecule has 0 aliphatic heterocycles. The van der Waals surface area contributed by atoms with E-state index in [9.17, 15) is 4.79 Å². The van der Waals surface area contributed by atoms with Gasteiger partial charge in [-0.3, -0.25) is 4.79 Å². The molecular formula is C17H25NO. The highest BCUT2D eigenvalue weighted by atomic mass is 16.2. The molecule has 0 saturated heterocycles. The van der Waals surface area contributed by atoms with Crippen LogP contribution in [0.3, 0.4) is 0 Å². The number of nitrogens with zero attached hydrogens (tertiary/aromatic N) is 1. The van der Waals surface area contributed by atoms with E-state index in [0.717, 1.165) is 19.3 Å². The Balaban J connectivity index is 3.59. The number of allylic oxidation sites excluding steroid dienone is 1. The van der Waals surface area contributed by atoms with Crippen LogP contribution in [0, 0.1) is 24.7 Å². The Labute approximate surface area is 118 Å². The van der Waals surface area contributed by atoms with Gasteiger partial charge in [-0.2, -0.15) is 0 Å². The highest BCUT2D eigenvalue weighted by Gasteiger charge is 2.10. The van der Waals surface area contributed by atoms with Crippen molar-refractivity contribution in [2.45, 2.75) is 51.4 Å². The number of amides is 1. The Morgan fingerprint density at radius 1 is 1.00 bits per heavy atom. The zero-order chi connectivity index (χ0) is 14.3. The van der Waals surface area contributed by atoms with E-state index in [1.165, 1.54) is 25.7 Å². The highest BCUT2D eigenvalue weighted by molar-refractivity contribution is 5.76. The van der Waals surface area contributed by atoms with Crippen molar-refractivity contribution >= 4 is 5.91 Å². The summed E-state index contributed by atoms with van der Waals surface area (Å²) in [7, 11) is 0. The molecule has 0 spiro atoms. The first-order valence-electron chi connectivity index (χ1n) is 7.01. The molecule has 0 fully saturated rings. The van der Waals surface area contributed by atoms with E-state index >= 15 is 0 Å². The third kappa shape index (κ3) is 9.98. The first kappa shape index (κ1) is 17.3. The second kappa shape index (κ2) is 12.8. The molecule has 0 aliphatic carbocycles. The van der Waals surface area contributed by atoms with Gasteiger partial charge in [-0.1, -0.05) is 43.6 Å². The van der Waals surface area contributed by atoms with E-state index in [2.05, 4.69) is 18.4 Å². The number of carbonyl (C=O) groups excluding carboxylic acids is 1. The van der Waals surface area contributed by atoms with Crippen LogP contribution in [0.4, 0.5) is 0 Å². The minimum atomic E-state index is 0.0718. The first-order valence-corrected chi connectivity index (χ1v) is 7.01. The lowest BCUT2D eigenvalue weighted by molar-refractivity contribution is -0.130. The predicted molar refractivity (Wildman–Crippen MR) is 81.4 cm³/mol. The Kier molecular flexibility index (Phi) is 11.7. The van der Waals surface area contributed by atoms with E-state index in [1.807, 2.05) is 6.08 Å². The first-order chi connectivity index (χ1) is 9.26. The van der Waals surface area contributed by atoms with E-state index < -0.39 is 0 Å². The van der Waals surface area contributed by atoms with Gasteiger partial charge in [0.1, 0.15) is 0 Å². The van der Waals surface area contributed by atoms with Gasteiger partial charge in [-0.15, -0.1) is 19.4 Å². The molecule has 0 aromatic heterocycles. The summed E-state index contributed by atoms with van der Waals surface area (Å²) < 4.78 is 0. The molecular weight excluding hydrogens is 234 g/mol. The smallest absolute Gasteiger partial charge is 0.224 e. The summed E-state index contributed by atoms with van der Waals surface area (Å²) in [5, 5.41) is 0. The molecule has 0 rings (SSSR count).